The van der Waals surface area contributed by atoms with Gasteiger partial charge in [-0.05, 0) is 279 Å². The Morgan fingerprint density at radius 2 is 0.524 bits per heavy atom. The van der Waals surface area contributed by atoms with Gasteiger partial charge in [0.1, 0.15) is 97.7 Å². The number of benzene rings is 17. The second-order valence-corrected chi connectivity index (χ2v) is 31.8. The topological polar surface area (TPSA) is 138 Å². The van der Waals surface area contributed by atoms with E-state index in [9.17, 15) is 0 Å². The van der Waals surface area contributed by atoms with Gasteiger partial charge in [0.2, 0.25) is 0 Å². The number of ether oxygens (including phenoxy) is 15. The van der Waals surface area contributed by atoms with Crippen LogP contribution in [0.25, 0.3) is 75.8 Å². The molecule has 0 amide bonds. The van der Waals surface area contributed by atoms with Crippen LogP contribution in [0.3, 0.4) is 0 Å². The molecule has 3 aliphatic heterocycles. The van der Waals surface area contributed by atoms with Gasteiger partial charge in [0.25, 0.3) is 0 Å². The van der Waals surface area contributed by atoms with Crippen molar-refractivity contribution in [2.45, 2.75) is 25.2 Å². The Bertz CT molecular complexity index is 6750. The molecular formula is C107H94I2O15. The van der Waals surface area contributed by atoms with Gasteiger partial charge >= 0.3 is 0 Å². The number of fused-ring (bicyclic) bond motifs is 15. The van der Waals surface area contributed by atoms with E-state index in [-0.39, 0.29) is 25.2 Å². The molecule has 0 N–H and O–H groups in total. The zero-order chi connectivity index (χ0) is 85.5. The van der Waals surface area contributed by atoms with Crippen LogP contribution in [-0.2, 0) is 4.74 Å². The van der Waals surface area contributed by atoms with Gasteiger partial charge in [-0.15, -0.1) is 0 Å². The highest BCUT2D eigenvalue weighted by molar-refractivity contribution is 14.1. The van der Waals surface area contributed by atoms with Crippen LogP contribution >= 0.6 is 45.2 Å². The maximum atomic E-state index is 6.70. The minimum Gasteiger partial charge on any atom is -0.497 e. The van der Waals surface area contributed by atoms with Crippen LogP contribution in [0.2, 0.25) is 0 Å². The summed E-state index contributed by atoms with van der Waals surface area (Å²) in [6, 6.07) is 99.1. The highest BCUT2D eigenvalue weighted by atomic mass is 127. The third-order valence-corrected chi connectivity index (χ3v) is 24.2. The first-order chi connectivity index (χ1) is 60.2. The molecule has 20 rings (SSSR count). The van der Waals surface area contributed by atoms with Gasteiger partial charge in [-0.2, -0.15) is 0 Å². The van der Waals surface area contributed by atoms with E-state index >= 15 is 0 Å². The van der Waals surface area contributed by atoms with Crippen LogP contribution in [0.1, 0.15) is 75.3 Å². The van der Waals surface area contributed by atoms with Gasteiger partial charge in [0.15, 0.2) is 0 Å². The summed E-state index contributed by atoms with van der Waals surface area (Å²) >= 11 is 4.76. The van der Waals surface area contributed by atoms with E-state index in [1.807, 2.05) is 84.9 Å². The zero-order valence-corrected chi connectivity index (χ0v) is 74.6. The Labute approximate surface area is 750 Å². The lowest BCUT2D eigenvalue weighted by Crippen LogP contribution is -2.15. The van der Waals surface area contributed by atoms with E-state index in [0.717, 1.165) is 231 Å². The van der Waals surface area contributed by atoms with Crippen molar-refractivity contribution < 1.29 is 71.1 Å². The van der Waals surface area contributed by atoms with Gasteiger partial charge in [-0.3, -0.25) is 0 Å². The van der Waals surface area contributed by atoms with Crippen molar-refractivity contribution in [2.75, 3.05) is 92.4 Å². The number of para-hydroxylation sites is 1. The van der Waals surface area contributed by atoms with E-state index in [0.29, 0.717) is 0 Å². The molecule has 17 aromatic carbocycles. The number of halogens is 2. The van der Waals surface area contributed by atoms with Gasteiger partial charge in [-0.25, -0.2) is 0 Å². The monoisotopic (exact) mass is 1870 g/mol. The maximum Gasteiger partial charge on any atom is 0.144 e. The molecule has 3 aliphatic rings. The Balaban J connectivity index is 0.000000134. The van der Waals surface area contributed by atoms with Crippen molar-refractivity contribution in [1.29, 1.82) is 0 Å². The molecular weight excluding hydrogens is 1780 g/mol. The smallest absolute Gasteiger partial charge is 0.144 e. The fraction of sp³-hybridized carbons (Fsp3) is 0.159. The third-order valence-electron chi connectivity index (χ3n) is 22.7. The second-order valence-electron chi connectivity index (χ2n) is 29.4. The molecule has 3 heterocycles. The molecule has 0 radical (unpaired) electrons. The molecule has 3 atom stereocenters. The Morgan fingerprint density at radius 3 is 0.887 bits per heavy atom. The van der Waals surface area contributed by atoms with Crippen molar-refractivity contribution in [1.82, 2.24) is 0 Å². The number of hydrogen-bond acceptors (Lipinski definition) is 15. The number of hydrogen-bond donors (Lipinski definition) is 0. The summed E-state index contributed by atoms with van der Waals surface area (Å²) in [6.07, 6.45) is 0. The summed E-state index contributed by atoms with van der Waals surface area (Å²) in [5.74, 6) is 13.7. The highest BCUT2D eigenvalue weighted by Gasteiger charge is 2.39. The summed E-state index contributed by atoms with van der Waals surface area (Å²) in [6.45, 7) is 0. The fourth-order valence-electron chi connectivity index (χ4n) is 17.0. The molecule has 0 fully saturated rings. The molecule has 124 heavy (non-hydrogen) atoms. The summed E-state index contributed by atoms with van der Waals surface area (Å²) in [5.41, 5.74) is 12.1. The van der Waals surface area contributed by atoms with E-state index < -0.39 is 0 Å². The Kier molecular flexibility index (Phi) is 26.4. The summed E-state index contributed by atoms with van der Waals surface area (Å²) in [5, 5.41) is 13.3. The van der Waals surface area contributed by atoms with Crippen LogP contribution in [0, 0.1) is 7.14 Å². The van der Waals surface area contributed by atoms with Gasteiger partial charge in [0.05, 0.1) is 81.8 Å². The quantitative estimate of drug-likeness (QED) is 0.0899. The van der Waals surface area contributed by atoms with Crippen LogP contribution in [0.15, 0.2) is 291 Å². The molecule has 17 heteroatoms. The van der Waals surface area contributed by atoms with E-state index in [4.69, 9.17) is 66.3 Å². The van der Waals surface area contributed by atoms with Gasteiger partial charge in [-0.1, -0.05) is 141 Å². The minimum absolute atomic E-state index is 0. The van der Waals surface area contributed by atoms with E-state index in [1.165, 1.54) is 0 Å². The van der Waals surface area contributed by atoms with Crippen molar-refractivity contribution in [2.24, 2.45) is 0 Å². The van der Waals surface area contributed by atoms with E-state index in [1.54, 1.807) is 92.4 Å². The Morgan fingerprint density at radius 1 is 0.226 bits per heavy atom. The summed E-state index contributed by atoms with van der Waals surface area (Å²) in [4.78, 5) is 0. The largest absolute Gasteiger partial charge is 0.497 e. The van der Waals surface area contributed by atoms with Crippen LogP contribution in [-0.4, -0.2) is 92.4 Å². The fourth-order valence-corrected chi connectivity index (χ4v) is 19.0. The predicted molar refractivity (Wildman–Crippen MR) is 515 cm³/mol. The average Bonchev–Trinajstić information content (AvgIpc) is 0.748. The maximum absolute atomic E-state index is 6.70. The molecule has 626 valence electrons. The standard InChI is InChI=1S/C36H28O4.C30H22I2O4.C30H24O4.C8H10O2.C2H6O.CH4/c1-37-26-14-9-23-12-17-31(39-3)34(29(23)20-26)36-28-16-11-25(22-7-5-4-6-8-22)19-33(28)40-32-18-13-24-10-15-27(38-2)21-30(24)35(32)36;1-33-19-8-4-16-6-10-25(35-3)27(21(16)14-19)29-23-12-18(31)13-24(32)30(23)36-26-11-7-17-5-9-20(34-2)15-22(17)28(26)29;1-31-20-12-8-18-10-14-26(33-3)28(23(18)16-20)30-22-6-4-5-7-25(22)34-27-15-11-19-9-13-21(32-2)17-24(19)29(27)30;1-9-7-3-5-8(10-2)6-4-7;1-3-2;/h4-21,36H,1-3H3;4-15,29H,1-3H3;4-17,30H,1-3H3;3-6H,1-2H3;1-2H3;1H4. The molecule has 0 bridgehead atoms. The summed E-state index contributed by atoms with van der Waals surface area (Å²) < 4.78 is 87.9. The summed E-state index contributed by atoms with van der Waals surface area (Å²) in [7, 11) is 21.9. The van der Waals surface area contributed by atoms with Crippen molar-refractivity contribution in [3.05, 3.63) is 348 Å². The molecule has 0 saturated carbocycles. The third kappa shape index (κ3) is 16.8. The van der Waals surface area contributed by atoms with Crippen molar-refractivity contribution in [3.8, 4) is 109 Å². The van der Waals surface area contributed by atoms with Crippen molar-refractivity contribution >= 4 is 110 Å². The minimum atomic E-state index is -0.162. The van der Waals surface area contributed by atoms with Crippen LogP contribution in [0.4, 0.5) is 0 Å². The molecule has 0 spiro atoms. The molecule has 3 unspecified atom stereocenters. The van der Waals surface area contributed by atoms with Gasteiger partial charge < -0.3 is 71.1 Å². The molecule has 0 aliphatic carbocycles. The predicted octanol–water partition coefficient (Wildman–Crippen LogP) is 27.4. The highest BCUT2D eigenvalue weighted by Crippen LogP contribution is 2.59. The van der Waals surface area contributed by atoms with Crippen LogP contribution < -0.4 is 66.3 Å². The van der Waals surface area contributed by atoms with Crippen LogP contribution in [0.5, 0.6) is 97.7 Å². The number of methoxy groups -OCH3 is 12. The first-order valence-corrected chi connectivity index (χ1v) is 42.0. The first kappa shape index (κ1) is 85.9. The lowest BCUT2D eigenvalue weighted by Gasteiger charge is -2.32. The Hall–Kier alpha value is -13.1. The zero-order valence-electron chi connectivity index (χ0n) is 70.3. The lowest BCUT2D eigenvalue weighted by atomic mass is 9.78. The molecule has 15 nitrogen and oxygen atoms in total. The molecule has 0 aromatic heterocycles. The SMILES string of the molecule is C.COC.COc1ccc(OC)cc1.COc1ccc2ccc(OC)c(C3c4cc(I)cc(I)c4Oc4ccc5ccc(OC)cc5c43)c2c1.COc1ccc2ccc(OC)c(C3c4ccc(-c5ccccc5)cc4Oc4ccc5ccc(OC)cc5c43)c2c1.COc1ccc2ccc(OC)c(C3c4ccccc4Oc4ccc5ccc(OC)cc5c43)c2c1. The number of rotatable bonds is 15. The van der Waals surface area contributed by atoms with E-state index in [2.05, 4.69) is 256 Å². The average molecular weight is 1870 g/mol. The molecule has 0 saturated heterocycles. The lowest BCUT2D eigenvalue weighted by molar-refractivity contribution is 0.277. The van der Waals surface area contributed by atoms with Gasteiger partial charge in [0, 0.05) is 85.6 Å². The second kappa shape index (κ2) is 38.1. The van der Waals surface area contributed by atoms with Crippen molar-refractivity contribution in [3.63, 3.8) is 0 Å². The first-order valence-electron chi connectivity index (χ1n) is 39.8. The normalized spacial score (nSPS) is 13.4. The molecule has 17 aromatic rings.